The third kappa shape index (κ3) is 3.59. The number of aromatic nitrogens is 2. The Morgan fingerprint density at radius 3 is 2.59 bits per heavy atom. The van der Waals surface area contributed by atoms with Crippen LogP contribution in [-0.4, -0.2) is 21.5 Å². The van der Waals surface area contributed by atoms with Gasteiger partial charge in [-0.2, -0.15) is 0 Å². The number of hydrogen-bond donors (Lipinski definition) is 2. The normalized spacial score (nSPS) is 23.6. The number of nitrogens with zero attached hydrogens (tertiary/aromatic N) is 1. The number of H-pyrrole nitrogens is 1. The summed E-state index contributed by atoms with van der Waals surface area (Å²) in [7, 11) is 0. The molecular weight excluding hydrogens is 358 g/mol. The van der Waals surface area contributed by atoms with Gasteiger partial charge < -0.3 is 10.3 Å². The van der Waals surface area contributed by atoms with Gasteiger partial charge in [0.1, 0.15) is 0 Å². The van der Waals surface area contributed by atoms with E-state index in [4.69, 9.17) is 12.2 Å². The minimum atomic E-state index is -0.0741. The number of rotatable bonds is 3. The van der Waals surface area contributed by atoms with E-state index in [1.54, 1.807) is 22.8 Å². The molecule has 2 N–H and O–H groups in total. The highest BCUT2D eigenvalue weighted by Crippen LogP contribution is 2.29. The quantitative estimate of drug-likeness (QED) is 0.766. The molecule has 6 heteroatoms. The lowest BCUT2D eigenvalue weighted by Crippen LogP contribution is -2.41. The lowest BCUT2D eigenvalue weighted by Gasteiger charge is -2.29. The Labute approximate surface area is 164 Å². The van der Waals surface area contributed by atoms with Gasteiger partial charge >= 0.3 is 0 Å². The van der Waals surface area contributed by atoms with Crippen LogP contribution in [0.3, 0.4) is 0 Å². The van der Waals surface area contributed by atoms with Crippen LogP contribution >= 0.6 is 12.2 Å². The number of fused-ring (bicyclic) bond motifs is 1. The lowest BCUT2D eigenvalue weighted by molar-refractivity contribution is 0.0910. The van der Waals surface area contributed by atoms with Crippen molar-refractivity contribution in [2.24, 2.45) is 5.92 Å². The summed E-state index contributed by atoms with van der Waals surface area (Å²) in [6.45, 7) is 2.20. The van der Waals surface area contributed by atoms with Gasteiger partial charge in [-0.15, -0.1) is 0 Å². The highest BCUT2D eigenvalue weighted by Gasteiger charge is 2.24. The fraction of sp³-hybridized carbons (Fsp3) is 0.571. The molecule has 1 aromatic carbocycles. The molecule has 5 nitrogen and oxygen atoms in total. The monoisotopic (exact) mass is 385 g/mol. The van der Waals surface area contributed by atoms with Gasteiger partial charge in [-0.25, -0.2) is 0 Å². The molecule has 1 heterocycles. The summed E-state index contributed by atoms with van der Waals surface area (Å²) in [4.78, 5) is 28.8. The summed E-state index contributed by atoms with van der Waals surface area (Å²) in [5.41, 5.74) is 1.17. The topological polar surface area (TPSA) is 66.9 Å². The molecule has 2 aliphatic carbocycles. The number of carbonyl (C=O) groups is 1. The molecule has 0 saturated heterocycles. The molecule has 0 spiro atoms. The van der Waals surface area contributed by atoms with Crippen molar-refractivity contribution >= 4 is 29.0 Å². The van der Waals surface area contributed by atoms with Crippen LogP contribution in [0.1, 0.15) is 74.7 Å². The largest absolute Gasteiger partial charge is 0.349 e. The van der Waals surface area contributed by atoms with Crippen molar-refractivity contribution in [3.05, 3.63) is 38.9 Å². The highest BCUT2D eigenvalue weighted by atomic mass is 32.1. The van der Waals surface area contributed by atoms with Gasteiger partial charge in [0.15, 0.2) is 4.77 Å². The number of amides is 1. The second-order valence-electron chi connectivity index (χ2n) is 8.15. The minimum Gasteiger partial charge on any atom is -0.349 e. The first-order valence-electron chi connectivity index (χ1n) is 10.1. The second-order valence-corrected chi connectivity index (χ2v) is 8.53. The van der Waals surface area contributed by atoms with E-state index < -0.39 is 0 Å². The van der Waals surface area contributed by atoms with Crippen LogP contribution in [0.4, 0.5) is 0 Å². The Morgan fingerprint density at radius 2 is 1.85 bits per heavy atom. The van der Waals surface area contributed by atoms with Gasteiger partial charge in [0, 0.05) is 17.6 Å². The van der Waals surface area contributed by atoms with E-state index in [2.05, 4.69) is 17.2 Å². The maximum Gasteiger partial charge on any atom is 0.262 e. The zero-order chi connectivity index (χ0) is 19.0. The van der Waals surface area contributed by atoms with E-state index >= 15 is 0 Å². The predicted molar refractivity (Wildman–Crippen MR) is 110 cm³/mol. The van der Waals surface area contributed by atoms with E-state index in [9.17, 15) is 9.59 Å². The first kappa shape index (κ1) is 18.4. The Kier molecular flexibility index (Phi) is 5.17. The predicted octanol–water partition coefficient (Wildman–Crippen LogP) is 4.48. The van der Waals surface area contributed by atoms with Crippen LogP contribution in [0.5, 0.6) is 0 Å². The summed E-state index contributed by atoms with van der Waals surface area (Å²) >= 11 is 5.47. The number of carbonyl (C=O) groups excluding carboxylic acids is 1. The van der Waals surface area contributed by atoms with Crippen molar-refractivity contribution in [1.82, 2.24) is 14.9 Å². The maximum absolute atomic E-state index is 13.0. The van der Waals surface area contributed by atoms with E-state index in [-0.39, 0.29) is 23.6 Å². The molecule has 1 aromatic heterocycles. The Hall–Kier alpha value is -1.95. The zero-order valence-electron chi connectivity index (χ0n) is 15.8. The summed E-state index contributed by atoms with van der Waals surface area (Å²) in [5, 5.41) is 3.77. The number of benzene rings is 1. The molecule has 2 aromatic rings. The highest BCUT2D eigenvalue weighted by molar-refractivity contribution is 7.71. The fourth-order valence-corrected chi connectivity index (χ4v) is 4.99. The molecular formula is C21H27N3O2S. The standard InChI is InChI=1S/C21H27N3O2S/c1-13-6-2-5-9-17(13)22-19(25)14-10-11-16-18(12-14)23-21(27)24(20(16)26)15-7-3-4-8-15/h10-13,15,17H,2-9H2,1H3,(H,22,25)(H,23,27). The van der Waals surface area contributed by atoms with Gasteiger partial charge in [0.2, 0.25) is 0 Å². The van der Waals surface area contributed by atoms with E-state index in [1.807, 2.05) is 0 Å². The Bertz CT molecular complexity index is 972. The number of hydrogen-bond acceptors (Lipinski definition) is 3. The van der Waals surface area contributed by atoms with E-state index in [0.29, 0.717) is 27.2 Å². The third-order valence-electron chi connectivity index (χ3n) is 6.31. The molecule has 0 aliphatic heterocycles. The van der Waals surface area contributed by atoms with Crippen molar-refractivity contribution in [1.29, 1.82) is 0 Å². The van der Waals surface area contributed by atoms with Gasteiger partial charge in [0.05, 0.1) is 10.9 Å². The van der Waals surface area contributed by atoms with Crippen molar-refractivity contribution in [2.45, 2.75) is 70.4 Å². The summed E-state index contributed by atoms with van der Waals surface area (Å²) in [6, 6.07) is 5.70. The van der Waals surface area contributed by atoms with Crippen LogP contribution in [0.15, 0.2) is 23.0 Å². The molecule has 1 amide bonds. The number of nitrogens with one attached hydrogen (secondary N) is 2. The van der Waals surface area contributed by atoms with E-state index in [0.717, 1.165) is 38.5 Å². The lowest BCUT2D eigenvalue weighted by atomic mass is 9.86. The van der Waals surface area contributed by atoms with Crippen LogP contribution in [0, 0.1) is 10.7 Å². The SMILES string of the molecule is CC1CCCCC1NC(=O)c1ccc2c(=O)n(C3CCCC3)c(=S)[nH]c2c1. The van der Waals surface area contributed by atoms with Gasteiger partial charge in [0.25, 0.3) is 11.5 Å². The molecule has 2 aliphatic rings. The third-order valence-corrected chi connectivity index (χ3v) is 6.61. The van der Waals surface area contributed by atoms with Crippen LogP contribution in [0.25, 0.3) is 10.9 Å². The molecule has 0 radical (unpaired) electrons. The van der Waals surface area contributed by atoms with Crippen LogP contribution < -0.4 is 10.9 Å². The summed E-state index contributed by atoms with van der Waals surface area (Å²) in [6.07, 6.45) is 8.90. The first-order valence-corrected chi connectivity index (χ1v) is 10.5. The van der Waals surface area contributed by atoms with Crippen molar-refractivity contribution < 1.29 is 4.79 Å². The molecule has 2 atom stereocenters. The van der Waals surface area contributed by atoms with Crippen molar-refractivity contribution in [3.63, 3.8) is 0 Å². The Morgan fingerprint density at radius 1 is 1.15 bits per heavy atom. The average Bonchev–Trinajstić information content (AvgIpc) is 3.17. The molecule has 144 valence electrons. The summed E-state index contributed by atoms with van der Waals surface area (Å²) in [5.74, 6) is 0.433. The Balaban J connectivity index is 1.64. The molecule has 2 fully saturated rings. The first-order chi connectivity index (χ1) is 13.0. The zero-order valence-corrected chi connectivity index (χ0v) is 16.6. The average molecular weight is 386 g/mol. The van der Waals surface area contributed by atoms with Gasteiger partial charge in [-0.05, 0) is 62.0 Å². The molecule has 4 rings (SSSR count). The van der Waals surface area contributed by atoms with Crippen LogP contribution in [-0.2, 0) is 0 Å². The smallest absolute Gasteiger partial charge is 0.262 e. The maximum atomic E-state index is 13.0. The molecule has 2 unspecified atom stereocenters. The number of aromatic amines is 1. The minimum absolute atomic E-state index is 0.0477. The fourth-order valence-electron chi connectivity index (χ4n) is 4.65. The van der Waals surface area contributed by atoms with Crippen molar-refractivity contribution in [2.75, 3.05) is 0 Å². The second kappa shape index (κ2) is 7.58. The van der Waals surface area contributed by atoms with E-state index in [1.165, 1.54) is 12.8 Å². The molecule has 27 heavy (non-hydrogen) atoms. The summed E-state index contributed by atoms with van der Waals surface area (Å²) < 4.78 is 2.19. The molecule has 2 saturated carbocycles. The van der Waals surface area contributed by atoms with Gasteiger partial charge in [-0.3, -0.25) is 14.2 Å². The van der Waals surface area contributed by atoms with Gasteiger partial charge in [-0.1, -0.05) is 32.6 Å². The molecule has 0 bridgehead atoms. The van der Waals surface area contributed by atoms with Crippen molar-refractivity contribution in [3.8, 4) is 0 Å². The van der Waals surface area contributed by atoms with Crippen LogP contribution in [0.2, 0.25) is 0 Å².